The molecule has 0 amide bonds. The highest BCUT2D eigenvalue weighted by Gasteiger charge is 2.30. The Hall–Kier alpha value is 0.660. The lowest BCUT2D eigenvalue weighted by Gasteiger charge is -2.38. The van der Waals surface area contributed by atoms with E-state index in [1.165, 1.54) is 43.6 Å². The predicted octanol–water partition coefficient (Wildman–Crippen LogP) is 3.78. The number of hydrogen-bond acceptors (Lipinski definition) is 3. The fraction of sp³-hybridized carbons (Fsp3) is 1.00. The molecule has 0 aromatic carbocycles. The molecule has 1 nitrogen and oxygen atoms in total. The lowest BCUT2D eigenvalue weighted by Crippen LogP contribution is -2.46. The van der Waals surface area contributed by atoms with Crippen molar-refractivity contribution in [1.82, 2.24) is 5.32 Å². The number of hydrogen-bond donors (Lipinski definition) is 1. The SMILES string of the molecule is CSC1CCC(NC2CSCC(C)(C)C2)CC1. The number of nitrogens with one attached hydrogen (secondary N) is 1. The Labute approximate surface area is 115 Å². The van der Waals surface area contributed by atoms with Crippen LogP contribution in [-0.2, 0) is 0 Å². The molecule has 3 heteroatoms. The van der Waals surface area contributed by atoms with Crippen molar-refractivity contribution in [3.05, 3.63) is 0 Å². The Morgan fingerprint density at radius 1 is 1.12 bits per heavy atom. The minimum absolute atomic E-state index is 0.539. The van der Waals surface area contributed by atoms with E-state index in [0.29, 0.717) is 5.41 Å². The van der Waals surface area contributed by atoms with Crippen LogP contribution in [0.15, 0.2) is 0 Å². The second kappa shape index (κ2) is 6.21. The molecule has 100 valence electrons. The molecule has 1 aliphatic carbocycles. The van der Waals surface area contributed by atoms with Gasteiger partial charge in [-0.3, -0.25) is 0 Å². The van der Waals surface area contributed by atoms with Crippen LogP contribution in [0.4, 0.5) is 0 Å². The smallest absolute Gasteiger partial charge is 0.0166 e. The summed E-state index contributed by atoms with van der Waals surface area (Å²) in [5.41, 5.74) is 0.539. The molecule has 1 heterocycles. The summed E-state index contributed by atoms with van der Waals surface area (Å²) in [7, 11) is 0. The average Bonchev–Trinajstić information content (AvgIpc) is 2.29. The first-order valence-electron chi connectivity index (χ1n) is 6.96. The van der Waals surface area contributed by atoms with Crippen molar-refractivity contribution in [2.75, 3.05) is 17.8 Å². The van der Waals surface area contributed by atoms with Gasteiger partial charge >= 0.3 is 0 Å². The summed E-state index contributed by atoms with van der Waals surface area (Å²) in [6.45, 7) is 4.83. The second-order valence-electron chi connectivity index (χ2n) is 6.46. The number of rotatable bonds is 3. The molecule has 17 heavy (non-hydrogen) atoms. The maximum Gasteiger partial charge on any atom is 0.0166 e. The highest BCUT2D eigenvalue weighted by molar-refractivity contribution is 7.99. The molecular weight excluding hydrogens is 246 g/mol. The summed E-state index contributed by atoms with van der Waals surface area (Å²) in [6, 6.07) is 1.57. The first-order chi connectivity index (χ1) is 8.09. The normalized spacial score (nSPS) is 37.9. The Morgan fingerprint density at radius 2 is 1.82 bits per heavy atom. The second-order valence-corrected chi connectivity index (χ2v) is 8.62. The zero-order valence-corrected chi connectivity index (χ0v) is 13.1. The molecule has 1 atom stereocenters. The molecule has 0 aromatic heterocycles. The van der Waals surface area contributed by atoms with Gasteiger partial charge in [-0.15, -0.1) is 0 Å². The molecule has 1 saturated heterocycles. The first-order valence-corrected chi connectivity index (χ1v) is 9.40. The molecule has 0 radical (unpaired) electrons. The zero-order chi connectivity index (χ0) is 12.3. The Morgan fingerprint density at radius 3 is 2.41 bits per heavy atom. The fourth-order valence-electron chi connectivity index (χ4n) is 3.17. The molecule has 1 saturated carbocycles. The van der Waals surface area contributed by atoms with Crippen LogP contribution < -0.4 is 5.32 Å². The molecule has 0 bridgehead atoms. The Bertz CT molecular complexity index is 234. The van der Waals surface area contributed by atoms with Gasteiger partial charge in [0, 0.05) is 23.1 Å². The minimum Gasteiger partial charge on any atom is -0.310 e. The average molecular weight is 274 g/mol. The summed E-state index contributed by atoms with van der Waals surface area (Å²) in [6.07, 6.45) is 9.26. The minimum atomic E-state index is 0.539. The standard InChI is InChI=1S/C14H27NS2/c1-14(2)8-12(9-17-10-14)15-11-4-6-13(16-3)7-5-11/h11-13,15H,4-10H2,1-3H3. The molecule has 2 aliphatic rings. The van der Waals surface area contributed by atoms with E-state index in [9.17, 15) is 0 Å². The van der Waals surface area contributed by atoms with Crippen LogP contribution in [0, 0.1) is 5.41 Å². The van der Waals surface area contributed by atoms with Gasteiger partial charge in [0.15, 0.2) is 0 Å². The predicted molar refractivity (Wildman–Crippen MR) is 82.2 cm³/mol. The van der Waals surface area contributed by atoms with Crippen molar-refractivity contribution < 1.29 is 0 Å². The van der Waals surface area contributed by atoms with Gasteiger partial charge in [-0.25, -0.2) is 0 Å². The van der Waals surface area contributed by atoms with Gasteiger partial charge in [-0.05, 0) is 49.5 Å². The van der Waals surface area contributed by atoms with E-state index in [0.717, 1.165) is 17.3 Å². The van der Waals surface area contributed by atoms with Crippen LogP contribution in [0.25, 0.3) is 0 Å². The van der Waals surface area contributed by atoms with Crippen molar-refractivity contribution in [3.63, 3.8) is 0 Å². The molecule has 1 unspecified atom stereocenters. The molecule has 2 fully saturated rings. The molecule has 2 rings (SSSR count). The molecular formula is C14H27NS2. The van der Waals surface area contributed by atoms with Crippen molar-refractivity contribution in [1.29, 1.82) is 0 Å². The van der Waals surface area contributed by atoms with Crippen molar-refractivity contribution in [2.24, 2.45) is 5.41 Å². The van der Waals surface area contributed by atoms with Crippen molar-refractivity contribution in [3.8, 4) is 0 Å². The quantitative estimate of drug-likeness (QED) is 0.840. The van der Waals surface area contributed by atoms with E-state index in [-0.39, 0.29) is 0 Å². The van der Waals surface area contributed by atoms with Crippen LogP contribution >= 0.6 is 23.5 Å². The molecule has 0 aromatic rings. The Kier molecular flexibility index (Phi) is 5.14. The van der Waals surface area contributed by atoms with Gasteiger partial charge in [0.2, 0.25) is 0 Å². The van der Waals surface area contributed by atoms with Gasteiger partial charge < -0.3 is 5.32 Å². The van der Waals surface area contributed by atoms with E-state index >= 15 is 0 Å². The maximum absolute atomic E-state index is 3.93. The number of thioether (sulfide) groups is 2. The summed E-state index contributed by atoms with van der Waals surface area (Å²) in [5, 5.41) is 4.86. The van der Waals surface area contributed by atoms with Gasteiger partial charge in [0.05, 0.1) is 0 Å². The third kappa shape index (κ3) is 4.36. The van der Waals surface area contributed by atoms with Crippen molar-refractivity contribution in [2.45, 2.75) is 63.3 Å². The topological polar surface area (TPSA) is 12.0 Å². The summed E-state index contributed by atoms with van der Waals surface area (Å²) in [4.78, 5) is 0. The van der Waals surface area contributed by atoms with Gasteiger partial charge in [0.25, 0.3) is 0 Å². The van der Waals surface area contributed by atoms with E-state index in [1.807, 2.05) is 0 Å². The lowest BCUT2D eigenvalue weighted by molar-refractivity contribution is 0.276. The third-order valence-corrected chi connectivity index (χ3v) is 6.85. The van der Waals surface area contributed by atoms with E-state index in [1.54, 1.807) is 0 Å². The van der Waals surface area contributed by atoms with Gasteiger partial charge in [-0.1, -0.05) is 13.8 Å². The van der Waals surface area contributed by atoms with Crippen LogP contribution in [-0.4, -0.2) is 35.1 Å². The Balaban J connectivity index is 1.74. The maximum atomic E-state index is 3.93. The fourth-order valence-corrected chi connectivity index (χ4v) is 5.20. The zero-order valence-electron chi connectivity index (χ0n) is 11.5. The highest BCUT2D eigenvalue weighted by Crippen LogP contribution is 2.34. The summed E-state index contributed by atoms with van der Waals surface area (Å²) < 4.78 is 0. The lowest BCUT2D eigenvalue weighted by atomic mass is 9.86. The van der Waals surface area contributed by atoms with E-state index in [2.05, 4.69) is 48.9 Å². The van der Waals surface area contributed by atoms with Crippen LogP contribution in [0.1, 0.15) is 46.0 Å². The van der Waals surface area contributed by atoms with Gasteiger partial charge in [0.1, 0.15) is 0 Å². The largest absolute Gasteiger partial charge is 0.310 e. The molecule has 0 spiro atoms. The van der Waals surface area contributed by atoms with Gasteiger partial charge in [-0.2, -0.15) is 23.5 Å². The molecule has 1 aliphatic heterocycles. The van der Waals surface area contributed by atoms with Crippen LogP contribution in [0.3, 0.4) is 0 Å². The van der Waals surface area contributed by atoms with E-state index < -0.39 is 0 Å². The summed E-state index contributed by atoms with van der Waals surface area (Å²) in [5.74, 6) is 2.66. The first kappa shape index (κ1) is 14.1. The molecule has 1 N–H and O–H groups in total. The van der Waals surface area contributed by atoms with E-state index in [4.69, 9.17) is 0 Å². The monoisotopic (exact) mass is 273 g/mol. The highest BCUT2D eigenvalue weighted by atomic mass is 32.2. The van der Waals surface area contributed by atoms with Crippen LogP contribution in [0.5, 0.6) is 0 Å². The van der Waals surface area contributed by atoms with Crippen molar-refractivity contribution >= 4 is 23.5 Å². The third-order valence-electron chi connectivity index (χ3n) is 4.09. The summed E-state index contributed by atoms with van der Waals surface area (Å²) >= 11 is 4.20. The van der Waals surface area contributed by atoms with Crippen LogP contribution in [0.2, 0.25) is 0 Å².